The van der Waals surface area contributed by atoms with Crippen molar-refractivity contribution < 1.29 is 19.5 Å². The van der Waals surface area contributed by atoms with Crippen LogP contribution in [0.3, 0.4) is 0 Å². The predicted octanol–water partition coefficient (Wildman–Crippen LogP) is 1.49. The van der Waals surface area contributed by atoms with Crippen molar-refractivity contribution in [1.29, 1.82) is 0 Å². The monoisotopic (exact) mass is 310 g/mol. The average Bonchev–Trinajstić information content (AvgIpc) is 3.25. The van der Waals surface area contributed by atoms with E-state index in [1.54, 1.807) is 0 Å². The quantitative estimate of drug-likeness (QED) is 0.754. The van der Waals surface area contributed by atoms with Gasteiger partial charge in [-0.15, -0.1) is 0 Å². The summed E-state index contributed by atoms with van der Waals surface area (Å²) >= 11 is 0. The third-order valence-electron chi connectivity index (χ3n) is 4.47. The van der Waals surface area contributed by atoms with Crippen LogP contribution in [0, 0.1) is 5.92 Å². The second kappa shape index (κ2) is 6.67. The van der Waals surface area contributed by atoms with Gasteiger partial charge in [0.1, 0.15) is 0 Å². The number of carbonyl (C=O) groups excluding carboxylic acids is 2. The summed E-state index contributed by atoms with van der Waals surface area (Å²) in [5, 5.41) is 8.61. The molecule has 2 aliphatic rings. The van der Waals surface area contributed by atoms with E-state index < -0.39 is 5.97 Å². The fourth-order valence-corrected chi connectivity index (χ4v) is 3.08. The van der Waals surface area contributed by atoms with Gasteiger partial charge in [-0.1, -0.05) is 0 Å². The Hall–Kier alpha value is -1.59. The number of piperazine rings is 1. The van der Waals surface area contributed by atoms with Gasteiger partial charge in [0.05, 0.1) is 5.54 Å². The van der Waals surface area contributed by atoms with Gasteiger partial charge in [0, 0.05) is 38.4 Å². The van der Waals surface area contributed by atoms with Crippen molar-refractivity contribution in [3.63, 3.8) is 0 Å². The van der Waals surface area contributed by atoms with Crippen LogP contribution in [-0.4, -0.2) is 57.9 Å². The first-order valence-electron chi connectivity index (χ1n) is 8.12. The molecule has 0 aromatic rings. The number of unbranched alkanes of at least 4 members (excludes halogenated alkanes) is 1. The third kappa shape index (κ3) is 4.21. The molecule has 1 aliphatic heterocycles. The number of carboxylic acid groups (broad SMARTS) is 1. The van der Waals surface area contributed by atoms with Crippen molar-refractivity contribution >= 4 is 17.8 Å². The Labute approximate surface area is 131 Å². The van der Waals surface area contributed by atoms with Gasteiger partial charge in [-0.25, -0.2) is 0 Å². The Kier molecular flexibility index (Phi) is 5.08. The molecule has 6 heteroatoms. The van der Waals surface area contributed by atoms with Crippen LogP contribution in [0.15, 0.2) is 0 Å². The molecule has 1 N–H and O–H groups in total. The SMILES string of the molecule is CC1(C)CN(C(=O)C2CC2)CCN1C(=O)CCCCC(=O)O. The molecule has 124 valence electrons. The van der Waals surface area contributed by atoms with Crippen molar-refractivity contribution in [1.82, 2.24) is 9.80 Å². The number of carboxylic acids is 1. The van der Waals surface area contributed by atoms with Crippen LogP contribution in [-0.2, 0) is 14.4 Å². The normalized spacial score (nSPS) is 20.8. The summed E-state index contributed by atoms with van der Waals surface area (Å²) in [5.41, 5.74) is -0.354. The van der Waals surface area contributed by atoms with Gasteiger partial charge in [0.25, 0.3) is 0 Å². The Bertz CT molecular complexity index is 457. The van der Waals surface area contributed by atoms with E-state index in [2.05, 4.69) is 0 Å². The highest BCUT2D eigenvalue weighted by atomic mass is 16.4. The van der Waals surface area contributed by atoms with E-state index in [4.69, 9.17) is 5.11 Å². The molecule has 2 fully saturated rings. The maximum atomic E-state index is 12.4. The molecule has 1 saturated heterocycles. The van der Waals surface area contributed by atoms with Gasteiger partial charge in [-0.2, -0.15) is 0 Å². The number of hydrogen-bond acceptors (Lipinski definition) is 3. The van der Waals surface area contributed by atoms with E-state index in [1.807, 2.05) is 23.6 Å². The van der Waals surface area contributed by atoms with Gasteiger partial charge in [-0.3, -0.25) is 14.4 Å². The van der Waals surface area contributed by atoms with Crippen LogP contribution in [0.25, 0.3) is 0 Å². The van der Waals surface area contributed by atoms with E-state index in [-0.39, 0.29) is 29.7 Å². The summed E-state index contributed by atoms with van der Waals surface area (Å²) < 4.78 is 0. The summed E-state index contributed by atoms with van der Waals surface area (Å²) in [4.78, 5) is 38.7. The number of amides is 2. The molecular weight excluding hydrogens is 284 g/mol. The van der Waals surface area contributed by atoms with Crippen LogP contribution >= 0.6 is 0 Å². The highest BCUT2D eigenvalue weighted by Gasteiger charge is 2.41. The Morgan fingerprint density at radius 3 is 2.27 bits per heavy atom. The molecule has 0 spiro atoms. The van der Waals surface area contributed by atoms with Crippen molar-refractivity contribution in [2.24, 2.45) is 5.92 Å². The number of nitrogens with zero attached hydrogens (tertiary/aromatic N) is 2. The lowest BCUT2D eigenvalue weighted by Crippen LogP contribution is -2.62. The van der Waals surface area contributed by atoms with Crippen LogP contribution in [0.4, 0.5) is 0 Å². The zero-order valence-corrected chi connectivity index (χ0v) is 13.5. The summed E-state index contributed by atoms with van der Waals surface area (Å²) in [5.74, 6) is -0.301. The van der Waals surface area contributed by atoms with Gasteiger partial charge in [0.2, 0.25) is 11.8 Å². The minimum absolute atomic E-state index is 0.0638. The number of carbonyl (C=O) groups is 3. The highest BCUT2D eigenvalue weighted by Crippen LogP contribution is 2.33. The van der Waals surface area contributed by atoms with Crippen molar-refractivity contribution in [2.45, 2.75) is 57.9 Å². The number of rotatable bonds is 6. The van der Waals surface area contributed by atoms with Gasteiger partial charge in [-0.05, 0) is 39.5 Å². The largest absolute Gasteiger partial charge is 0.481 e. The Morgan fingerprint density at radius 1 is 1.09 bits per heavy atom. The lowest BCUT2D eigenvalue weighted by atomic mass is 9.97. The molecule has 6 nitrogen and oxygen atoms in total. The molecule has 0 bridgehead atoms. The lowest BCUT2D eigenvalue weighted by Gasteiger charge is -2.47. The molecule has 0 unspecified atom stereocenters. The van der Waals surface area contributed by atoms with Gasteiger partial charge >= 0.3 is 5.97 Å². The fraction of sp³-hybridized carbons (Fsp3) is 0.812. The van der Waals surface area contributed by atoms with Gasteiger partial charge < -0.3 is 14.9 Å². The standard InChI is InChI=1S/C16H26N2O4/c1-16(2)11-17(15(22)12-7-8-12)9-10-18(16)13(19)5-3-4-6-14(20)21/h12H,3-11H2,1-2H3,(H,20,21). The number of hydrogen-bond donors (Lipinski definition) is 1. The maximum absolute atomic E-state index is 12.4. The Balaban J connectivity index is 1.82. The van der Waals surface area contributed by atoms with Crippen LogP contribution < -0.4 is 0 Å². The van der Waals surface area contributed by atoms with E-state index in [0.717, 1.165) is 12.8 Å². The van der Waals surface area contributed by atoms with Crippen molar-refractivity contribution in [3.8, 4) is 0 Å². The molecule has 2 rings (SSSR count). The molecular formula is C16H26N2O4. The third-order valence-corrected chi connectivity index (χ3v) is 4.47. The summed E-state index contributed by atoms with van der Waals surface area (Å²) in [6.07, 6.45) is 3.63. The summed E-state index contributed by atoms with van der Waals surface area (Å²) in [6.45, 7) is 5.76. The molecule has 0 aromatic heterocycles. The molecule has 22 heavy (non-hydrogen) atoms. The van der Waals surface area contributed by atoms with Gasteiger partial charge in [0.15, 0.2) is 0 Å². The topological polar surface area (TPSA) is 77.9 Å². The smallest absolute Gasteiger partial charge is 0.303 e. The summed E-state index contributed by atoms with van der Waals surface area (Å²) in [6, 6.07) is 0. The van der Waals surface area contributed by atoms with Crippen molar-refractivity contribution in [3.05, 3.63) is 0 Å². The van der Waals surface area contributed by atoms with E-state index in [0.29, 0.717) is 38.9 Å². The number of aliphatic carboxylic acids is 1. The maximum Gasteiger partial charge on any atom is 0.303 e. The summed E-state index contributed by atoms with van der Waals surface area (Å²) in [7, 11) is 0. The van der Waals surface area contributed by atoms with E-state index >= 15 is 0 Å². The van der Waals surface area contributed by atoms with Crippen LogP contribution in [0.5, 0.6) is 0 Å². The molecule has 1 aliphatic carbocycles. The zero-order valence-electron chi connectivity index (χ0n) is 13.5. The highest BCUT2D eigenvalue weighted by molar-refractivity contribution is 5.82. The second-order valence-electron chi connectivity index (χ2n) is 6.99. The first-order valence-corrected chi connectivity index (χ1v) is 8.12. The first kappa shape index (κ1) is 16.8. The molecule has 0 atom stereocenters. The lowest BCUT2D eigenvalue weighted by molar-refractivity contribution is -0.148. The Morgan fingerprint density at radius 2 is 1.73 bits per heavy atom. The molecule has 1 heterocycles. The average molecular weight is 310 g/mol. The van der Waals surface area contributed by atoms with E-state index in [9.17, 15) is 14.4 Å². The molecule has 1 saturated carbocycles. The minimum Gasteiger partial charge on any atom is -0.481 e. The molecule has 0 aromatic carbocycles. The first-order chi connectivity index (χ1) is 10.3. The zero-order chi connectivity index (χ0) is 16.3. The van der Waals surface area contributed by atoms with Crippen LogP contribution in [0.1, 0.15) is 52.4 Å². The molecule has 0 radical (unpaired) electrons. The second-order valence-corrected chi connectivity index (χ2v) is 6.99. The van der Waals surface area contributed by atoms with Crippen LogP contribution in [0.2, 0.25) is 0 Å². The molecule has 2 amide bonds. The van der Waals surface area contributed by atoms with E-state index in [1.165, 1.54) is 0 Å². The fourth-order valence-electron chi connectivity index (χ4n) is 3.08. The van der Waals surface area contributed by atoms with Crippen molar-refractivity contribution in [2.75, 3.05) is 19.6 Å². The minimum atomic E-state index is -0.819. The predicted molar refractivity (Wildman–Crippen MR) is 81.2 cm³/mol.